The zero-order valence-corrected chi connectivity index (χ0v) is 76.2. The van der Waals surface area contributed by atoms with E-state index in [-0.39, 0.29) is 104 Å². The lowest BCUT2D eigenvalue weighted by Crippen LogP contribution is -3.10. The van der Waals surface area contributed by atoms with E-state index in [2.05, 4.69) is 101 Å². The average Bonchev–Trinajstić information content (AvgIpc) is 1.64. The minimum atomic E-state index is -1.74. The largest absolute Gasteiger partial charge is 0.446 e. The van der Waals surface area contributed by atoms with Crippen LogP contribution in [0.2, 0.25) is 0 Å². The molecule has 0 bridgehead atoms. The fourth-order valence-electron chi connectivity index (χ4n) is 22.2. The summed E-state index contributed by atoms with van der Waals surface area (Å²) in [5, 5.41) is 61.5. The Morgan fingerprint density at radius 2 is 1.39 bits per heavy atom. The third-order valence-corrected chi connectivity index (χ3v) is 31.7. The second-order valence-corrected chi connectivity index (χ2v) is 41.0. The molecular formula is C95H140N13O15S2+. The van der Waals surface area contributed by atoms with Crippen molar-refractivity contribution in [1.82, 2.24) is 63.0 Å². The highest BCUT2D eigenvalue weighted by atomic mass is 33.1. The summed E-state index contributed by atoms with van der Waals surface area (Å²) in [6, 6.07) is 4.44. The van der Waals surface area contributed by atoms with Gasteiger partial charge in [-0.1, -0.05) is 172 Å². The van der Waals surface area contributed by atoms with Gasteiger partial charge in [-0.25, -0.2) is 4.79 Å². The Kier molecular flexibility index (Phi) is 34.3. The fourth-order valence-corrected chi connectivity index (χ4v) is 24.5. The highest BCUT2D eigenvalue weighted by Crippen LogP contribution is 2.67. The van der Waals surface area contributed by atoms with Crippen molar-refractivity contribution in [1.29, 1.82) is 0 Å². The van der Waals surface area contributed by atoms with Crippen LogP contribution in [0.4, 0.5) is 4.79 Å². The van der Waals surface area contributed by atoms with Crippen molar-refractivity contribution in [2.45, 2.75) is 281 Å². The van der Waals surface area contributed by atoms with Crippen LogP contribution < -0.4 is 58.1 Å². The number of benzene rings is 2. The number of aliphatic hydroxyl groups is 3. The van der Waals surface area contributed by atoms with Gasteiger partial charge in [-0.2, -0.15) is 0 Å². The molecule has 2 aromatic rings. The predicted molar refractivity (Wildman–Crippen MR) is 481 cm³/mol. The van der Waals surface area contributed by atoms with Crippen LogP contribution in [0.1, 0.15) is 194 Å². The van der Waals surface area contributed by atoms with Crippen molar-refractivity contribution in [3.05, 3.63) is 120 Å². The number of nitrogens with zero attached hydrogens (tertiary/aromatic N) is 2. The number of quaternary nitrogens is 1. The molecule has 7 fully saturated rings. The molecule has 0 radical (unpaired) electrons. The van der Waals surface area contributed by atoms with E-state index in [9.17, 15) is 44.1 Å². The number of alkyl carbamates (subject to hydrolysis) is 1. The summed E-state index contributed by atoms with van der Waals surface area (Å²) in [6.07, 6.45) is 24.8. The van der Waals surface area contributed by atoms with Crippen molar-refractivity contribution in [3.63, 3.8) is 0 Å². The van der Waals surface area contributed by atoms with Gasteiger partial charge in [-0.05, 0) is 192 Å². The Labute approximate surface area is 746 Å². The molecule has 14 N–H and O–H groups in total. The van der Waals surface area contributed by atoms with Crippen LogP contribution >= 0.6 is 21.6 Å². The second kappa shape index (κ2) is 44.7. The number of nitrogens with one attached hydrogen (secondary N) is 11. The average molecular weight is 1770 g/mol. The van der Waals surface area contributed by atoms with Gasteiger partial charge in [0.25, 0.3) is 0 Å². The lowest BCUT2D eigenvalue weighted by atomic mass is 9.47. The van der Waals surface area contributed by atoms with Crippen LogP contribution in [0.25, 0.3) is 0 Å². The number of rotatable bonds is 28. The Morgan fingerprint density at radius 1 is 0.688 bits per heavy atom. The molecule has 23 unspecified atom stereocenters. The van der Waals surface area contributed by atoms with Crippen molar-refractivity contribution in [3.8, 4) is 0 Å². The van der Waals surface area contributed by atoms with E-state index in [1.54, 1.807) is 71.8 Å². The summed E-state index contributed by atoms with van der Waals surface area (Å²) >= 11 is 0. The number of Topliss-reactive ketones (excluding diaryl/α,β-unsaturated/α-hetero) is 1. The summed E-state index contributed by atoms with van der Waals surface area (Å²) in [6.45, 7) is 16.1. The Bertz CT molecular complexity index is 4210. The van der Waals surface area contributed by atoms with Gasteiger partial charge in [0.15, 0.2) is 5.78 Å². The zero-order valence-electron chi connectivity index (χ0n) is 74.5. The van der Waals surface area contributed by atoms with Gasteiger partial charge in [0.05, 0.1) is 75.6 Å². The van der Waals surface area contributed by atoms with E-state index >= 15 is 24.0 Å². The maximum atomic E-state index is 15.6. The lowest BCUT2D eigenvalue weighted by molar-refractivity contribution is -0.887. The highest BCUT2D eigenvalue weighted by Gasteiger charge is 2.60. The van der Waals surface area contributed by atoms with Crippen LogP contribution in [0, 0.1) is 58.2 Å². The number of allylic oxidation sites excluding steroid dienone is 3. The molecule has 12 rings (SSSR count). The molecule has 5 aliphatic carbocycles. The molecule has 2 aromatic carbocycles. The zero-order chi connectivity index (χ0) is 89.2. The van der Waals surface area contributed by atoms with Gasteiger partial charge in [0, 0.05) is 56.3 Å². The summed E-state index contributed by atoms with van der Waals surface area (Å²) in [5.41, 5.74) is 3.86. The molecular weight excluding hydrogens is 1630 g/mol. The molecule has 686 valence electrons. The van der Waals surface area contributed by atoms with Gasteiger partial charge in [0.1, 0.15) is 48.4 Å². The minimum Gasteiger partial charge on any atom is -0.446 e. The number of unbranched alkanes of at least 4 members (excludes halogenated alkanes) is 1. The summed E-state index contributed by atoms with van der Waals surface area (Å²) < 4.78 is 6.18. The van der Waals surface area contributed by atoms with Crippen LogP contribution in [-0.2, 0) is 65.5 Å². The number of piperidine rings is 1. The quantitative estimate of drug-likeness (QED) is 0.0274. The van der Waals surface area contributed by atoms with Gasteiger partial charge >= 0.3 is 6.09 Å². The maximum Gasteiger partial charge on any atom is 0.407 e. The number of carbonyl (C=O) groups is 11. The highest BCUT2D eigenvalue weighted by molar-refractivity contribution is 8.76. The Morgan fingerprint density at radius 3 is 2.11 bits per heavy atom. The number of carbonyl (C=O) groups excluding carboxylic acids is 11. The third kappa shape index (κ3) is 24.5. The summed E-state index contributed by atoms with van der Waals surface area (Å²) in [7, 11) is 4.02. The Hall–Kier alpha value is -8.13. The van der Waals surface area contributed by atoms with E-state index in [4.69, 9.17) is 4.74 Å². The smallest absolute Gasteiger partial charge is 0.407 e. The molecule has 5 heterocycles. The van der Waals surface area contributed by atoms with Crippen molar-refractivity contribution in [2.24, 2.45) is 58.2 Å². The molecule has 125 heavy (non-hydrogen) atoms. The molecule has 3 saturated carbocycles. The lowest BCUT2D eigenvalue weighted by Gasteiger charge is -2.58. The minimum absolute atomic E-state index is 0.0262. The van der Waals surface area contributed by atoms with Gasteiger partial charge in [0.2, 0.25) is 53.2 Å². The maximum absolute atomic E-state index is 15.6. The topological polar surface area (TPSA) is 389 Å². The third-order valence-electron chi connectivity index (χ3n) is 29.3. The van der Waals surface area contributed by atoms with Gasteiger partial charge in [-0.15, -0.1) is 0 Å². The number of ketones is 1. The monoisotopic (exact) mass is 1770 g/mol. The summed E-state index contributed by atoms with van der Waals surface area (Å²) in [5.74, 6) is -3.53. The van der Waals surface area contributed by atoms with Crippen molar-refractivity contribution in [2.75, 3.05) is 64.4 Å². The van der Waals surface area contributed by atoms with Crippen molar-refractivity contribution >= 4 is 86.6 Å². The first kappa shape index (κ1) is 96.0. The number of fused-ring (bicyclic) bond motifs is 6. The van der Waals surface area contributed by atoms with E-state index < -0.39 is 139 Å². The van der Waals surface area contributed by atoms with Gasteiger partial charge in [-0.3, -0.25) is 53.3 Å². The SMILES string of the molecule is CC(C)CCCC(C)C1CCC2C3CC=C4C[C@@H](OC(=O)NCCCCC5NCC(=O)C(CC6=CNC7C=CC=CC67)NC(=O)C(Cc6ccccc6)NC(=O)C(NC(=O)C(Cc6ccccc6)NC(=O)C6CCCN6C(=O)C6CCCN6C(=O)C6CCC[NH+](C)C6)CSSCC(C(=O)NC(CO)C(C)O)NC(=O)C(C(C)O)NC5=O)CCC4(C)C3CCC12C. The first-order valence-corrected chi connectivity index (χ1v) is 49.0. The first-order chi connectivity index (χ1) is 60.0. The molecule has 30 heteroatoms. The molecule has 4 saturated heterocycles. The van der Waals surface area contributed by atoms with Gasteiger partial charge < -0.3 is 82.6 Å². The van der Waals surface area contributed by atoms with E-state index in [0.717, 1.165) is 89.5 Å². The van der Waals surface area contributed by atoms with Crippen LogP contribution in [0.3, 0.4) is 0 Å². The number of ether oxygens (including phenoxy) is 1. The molecule has 28 nitrogen and oxygen atoms in total. The normalized spacial score (nSPS) is 32.4. The number of amides is 10. The molecule has 5 aliphatic heterocycles. The standard InChI is InChI=1S/C95H139N13O15S2/c1-57(2)23-19-24-58(3)69-37-38-70-68-36-35-65-50-66(39-41-94(65,6)71(68)40-42-95(69,70)7)123-93(122)96-43-18-17-32-73-84(113)105-83(60(5)111)90(119)104-79(88(117)102-77(54-109)59(4)110)56-125-124-55-78(87(116)100-75(47-61-25-11-9-12-26-61)85(114)99-74(82(112)52-98-73)49-64-51-97-72-31-16-15-30-67(64)72)103-86(115)76(48-62-27-13-10-14-28-62)101-89(118)80-33-21-45-107(80)92(121)81-34-22-46-108(81)91(120)63-29-20-44-106(8)53-63/h9-16,25-28,30-31,35,51,57-60,63,66-81,83,97-98,109-111H,17-24,29,32-34,36-50,52-56H2,1-8H3,(H,96,122)(H,99,114)(H,100,116)(H,101,118)(H,102,117)(H,103,115)(H,104,119)(H,105,113)/p+1/t58?,59?,60?,63?,66-,67?,68?,69?,70?,71?,72?,73?,74?,75?,76?,77?,78?,79?,80?,81?,83?,94?,95?/m0/s1. The van der Waals surface area contributed by atoms with E-state index in [1.807, 2.05) is 24.3 Å². The van der Waals surface area contributed by atoms with E-state index in [1.165, 1.54) is 74.2 Å². The Balaban J connectivity index is 0.768. The molecule has 0 aromatic heterocycles. The molecule has 10 amide bonds. The number of hydrogen-bond donors (Lipinski definition) is 14. The molecule has 10 aliphatic rings. The number of aliphatic hydroxyl groups excluding tert-OH is 3. The second-order valence-electron chi connectivity index (χ2n) is 38.4. The fraction of sp³-hybridized carbons (Fsp3) is 0.674. The van der Waals surface area contributed by atoms with Crippen LogP contribution in [0.5, 0.6) is 0 Å². The summed E-state index contributed by atoms with van der Waals surface area (Å²) in [4.78, 5) is 168. The van der Waals surface area contributed by atoms with E-state index in [0.29, 0.717) is 73.6 Å². The number of hydrogen-bond acceptors (Lipinski definition) is 19. The number of likely N-dealkylation sites (tertiary alicyclic amines) is 3. The first-order valence-electron chi connectivity index (χ1n) is 46.5. The molecule has 0 spiro atoms. The van der Waals surface area contributed by atoms with Crippen LogP contribution in [-0.4, -0.2) is 239 Å². The van der Waals surface area contributed by atoms with Crippen molar-refractivity contribution < 1.29 is 77.7 Å². The van der Waals surface area contributed by atoms with Crippen LogP contribution in [0.15, 0.2) is 108 Å². The molecule has 24 atom stereocenters. The predicted octanol–water partition coefficient (Wildman–Crippen LogP) is 5.74.